The Kier molecular flexibility index (Phi) is 5.93. The molecule has 20 heavy (non-hydrogen) atoms. The van der Waals surface area contributed by atoms with Crippen molar-refractivity contribution in [1.29, 1.82) is 0 Å². The Morgan fingerprint density at radius 1 is 1.35 bits per heavy atom. The summed E-state index contributed by atoms with van der Waals surface area (Å²) in [5, 5.41) is 3.41. The van der Waals surface area contributed by atoms with Gasteiger partial charge in [0.15, 0.2) is 0 Å². The van der Waals surface area contributed by atoms with Crippen molar-refractivity contribution in [2.45, 2.75) is 66.1 Å². The third-order valence-electron chi connectivity index (χ3n) is 3.08. The zero-order chi connectivity index (χ0) is 15.3. The first-order valence-corrected chi connectivity index (χ1v) is 7.40. The predicted octanol–water partition coefficient (Wildman–Crippen LogP) is 3.73. The van der Waals surface area contributed by atoms with Crippen molar-refractivity contribution in [3.8, 4) is 0 Å². The molecule has 4 heteroatoms. The maximum atomic E-state index is 13.5. The summed E-state index contributed by atoms with van der Waals surface area (Å²) < 4.78 is 13.5. The Balaban J connectivity index is 3.05. The summed E-state index contributed by atoms with van der Waals surface area (Å²) in [5.41, 5.74) is 0.916. The normalized spacial score (nSPS) is 12.0. The summed E-state index contributed by atoms with van der Waals surface area (Å²) in [6, 6.07) is 1.94. The molecule has 0 radical (unpaired) electrons. The molecule has 0 aliphatic rings. The van der Waals surface area contributed by atoms with Gasteiger partial charge in [-0.15, -0.1) is 0 Å². The minimum Gasteiger partial charge on any atom is -0.354 e. The molecule has 0 aromatic carbocycles. The van der Waals surface area contributed by atoms with E-state index < -0.39 is 0 Å². The van der Waals surface area contributed by atoms with E-state index in [2.05, 4.69) is 56.7 Å². The molecule has 0 aliphatic carbocycles. The van der Waals surface area contributed by atoms with Gasteiger partial charge in [0.1, 0.15) is 11.6 Å². The summed E-state index contributed by atoms with van der Waals surface area (Å²) in [7, 11) is 0. The second-order valence-electron chi connectivity index (χ2n) is 6.53. The molecule has 0 amide bonds. The summed E-state index contributed by atoms with van der Waals surface area (Å²) >= 11 is 0. The van der Waals surface area contributed by atoms with Gasteiger partial charge in [-0.3, -0.25) is 0 Å². The van der Waals surface area contributed by atoms with Gasteiger partial charge in [-0.1, -0.05) is 6.92 Å². The fraction of sp³-hybridized carbons (Fsp3) is 0.688. The number of halogens is 1. The van der Waals surface area contributed by atoms with Crippen LogP contribution in [0.1, 0.15) is 53.5 Å². The lowest BCUT2D eigenvalue weighted by molar-refractivity contribution is 0.423. The second-order valence-corrected chi connectivity index (χ2v) is 6.53. The molecule has 0 fully saturated rings. The van der Waals surface area contributed by atoms with Crippen molar-refractivity contribution in [2.75, 3.05) is 11.4 Å². The van der Waals surface area contributed by atoms with Crippen LogP contribution in [0.2, 0.25) is 0 Å². The number of nitrogens with zero attached hydrogens (tertiary/aromatic N) is 2. The molecule has 1 N–H and O–H groups in total. The molecule has 1 aromatic heterocycles. The summed E-state index contributed by atoms with van der Waals surface area (Å²) in [6.07, 6.45) is 2.35. The highest BCUT2D eigenvalue weighted by Crippen LogP contribution is 2.21. The number of pyridine rings is 1. The van der Waals surface area contributed by atoms with Crippen LogP contribution in [-0.2, 0) is 6.54 Å². The van der Waals surface area contributed by atoms with Crippen molar-refractivity contribution in [2.24, 2.45) is 0 Å². The molecule has 3 nitrogen and oxygen atoms in total. The molecule has 0 saturated heterocycles. The number of nitrogens with one attached hydrogen (secondary N) is 1. The predicted molar refractivity (Wildman–Crippen MR) is 83.6 cm³/mol. The second kappa shape index (κ2) is 7.02. The van der Waals surface area contributed by atoms with Gasteiger partial charge in [-0.25, -0.2) is 9.37 Å². The number of hydrogen-bond donors (Lipinski definition) is 1. The van der Waals surface area contributed by atoms with E-state index in [1.165, 1.54) is 6.20 Å². The molecule has 0 unspecified atom stereocenters. The molecular weight excluding hydrogens is 253 g/mol. The minimum atomic E-state index is -0.278. The fourth-order valence-corrected chi connectivity index (χ4v) is 2.07. The molecule has 0 bridgehead atoms. The number of aromatic nitrogens is 1. The first-order valence-electron chi connectivity index (χ1n) is 7.40. The monoisotopic (exact) mass is 281 g/mol. The van der Waals surface area contributed by atoms with Gasteiger partial charge >= 0.3 is 0 Å². The highest BCUT2D eigenvalue weighted by molar-refractivity contribution is 5.47. The third kappa shape index (κ3) is 5.08. The lowest BCUT2D eigenvalue weighted by atomic mass is 10.1. The van der Waals surface area contributed by atoms with Gasteiger partial charge < -0.3 is 10.2 Å². The van der Waals surface area contributed by atoms with Crippen LogP contribution in [0, 0.1) is 5.82 Å². The van der Waals surface area contributed by atoms with E-state index >= 15 is 0 Å². The molecule has 1 aromatic rings. The average Bonchev–Trinajstić information content (AvgIpc) is 2.33. The Labute approximate surface area is 122 Å². The number of rotatable bonds is 6. The maximum absolute atomic E-state index is 13.5. The van der Waals surface area contributed by atoms with E-state index in [1.807, 2.05) is 0 Å². The van der Waals surface area contributed by atoms with Crippen LogP contribution in [0.3, 0.4) is 0 Å². The van der Waals surface area contributed by atoms with Crippen LogP contribution in [0.4, 0.5) is 10.2 Å². The van der Waals surface area contributed by atoms with Crippen molar-refractivity contribution >= 4 is 5.82 Å². The standard InChI is InChI=1S/C16H28FN3/c1-7-8-20(12(2)3)15-13(9-14(17)11-18-15)10-19-16(4,5)6/h9,11-12,19H,7-8,10H2,1-6H3. The Hall–Kier alpha value is -1.16. The maximum Gasteiger partial charge on any atom is 0.141 e. The van der Waals surface area contributed by atoms with Gasteiger partial charge in [0.2, 0.25) is 0 Å². The highest BCUT2D eigenvalue weighted by atomic mass is 19.1. The Morgan fingerprint density at radius 2 is 2.00 bits per heavy atom. The molecule has 0 saturated carbocycles. The van der Waals surface area contributed by atoms with E-state index in [-0.39, 0.29) is 11.4 Å². The van der Waals surface area contributed by atoms with Crippen molar-refractivity contribution < 1.29 is 4.39 Å². The van der Waals surface area contributed by atoms with E-state index in [0.717, 1.165) is 24.3 Å². The van der Waals surface area contributed by atoms with E-state index in [4.69, 9.17) is 0 Å². The third-order valence-corrected chi connectivity index (χ3v) is 3.08. The largest absolute Gasteiger partial charge is 0.354 e. The average molecular weight is 281 g/mol. The van der Waals surface area contributed by atoms with E-state index in [0.29, 0.717) is 12.6 Å². The first-order chi connectivity index (χ1) is 9.24. The summed E-state index contributed by atoms with van der Waals surface area (Å²) in [4.78, 5) is 6.57. The topological polar surface area (TPSA) is 28.2 Å². The van der Waals surface area contributed by atoms with Gasteiger partial charge in [0.25, 0.3) is 0 Å². The van der Waals surface area contributed by atoms with Crippen LogP contribution >= 0.6 is 0 Å². The zero-order valence-electron chi connectivity index (χ0n) is 13.6. The molecule has 0 spiro atoms. The highest BCUT2D eigenvalue weighted by Gasteiger charge is 2.17. The van der Waals surface area contributed by atoms with Gasteiger partial charge in [0.05, 0.1) is 6.20 Å². The van der Waals surface area contributed by atoms with Crippen molar-refractivity contribution in [3.05, 3.63) is 23.6 Å². The van der Waals surface area contributed by atoms with Gasteiger partial charge in [0, 0.05) is 30.2 Å². The van der Waals surface area contributed by atoms with Crippen LogP contribution in [-0.4, -0.2) is 23.1 Å². The summed E-state index contributed by atoms with van der Waals surface area (Å²) in [6.45, 7) is 14.3. The van der Waals surface area contributed by atoms with Crippen LogP contribution in [0.15, 0.2) is 12.3 Å². The number of hydrogen-bond acceptors (Lipinski definition) is 3. The van der Waals surface area contributed by atoms with Gasteiger partial charge in [-0.05, 0) is 47.1 Å². The smallest absolute Gasteiger partial charge is 0.141 e. The SMILES string of the molecule is CCCN(c1ncc(F)cc1CNC(C)(C)C)C(C)C. The fourth-order valence-electron chi connectivity index (χ4n) is 2.07. The molecule has 1 heterocycles. The molecule has 1 rings (SSSR count). The number of anilines is 1. The molecule has 0 aliphatic heterocycles. The lowest BCUT2D eigenvalue weighted by Crippen LogP contribution is -2.37. The van der Waals surface area contributed by atoms with E-state index in [1.54, 1.807) is 6.07 Å². The van der Waals surface area contributed by atoms with Crippen LogP contribution in [0.25, 0.3) is 0 Å². The zero-order valence-corrected chi connectivity index (χ0v) is 13.6. The van der Waals surface area contributed by atoms with E-state index in [9.17, 15) is 4.39 Å². The quantitative estimate of drug-likeness (QED) is 0.861. The van der Waals surface area contributed by atoms with Gasteiger partial charge in [-0.2, -0.15) is 0 Å². The lowest BCUT2D eigenvalue weighted by Gasteiger charge is -2.30. The van der Waals surface area contributed by atoms with Crippen LogP contribution in [0.5, 0.6) is 0 Å². The summed E-state index contributed by atoms with van der Waals surface area (Å²) in [5.74, 6) is 0.611. The molecule has 114 valence electrons. The van der Waals surface area contributed by atoms with Crippen molar-refractivity contribution in [1.82, 2.24) is 10.3 Å². The van der Waals surface area contributed by atoms with Crippen LogP contribution < -0.4 is 10.2 Å². The first kappa shape index (κ1) is 16.9. The van der Waals surface area contributed by atoms with Crippen molar-refractivity contribution in [3.63, 3.8) is 0 Å². The molecule has 0 atom stereocenters. The minimum absolute atomic E-state index is 0.00297. The Morgan fingerprint density at radius 3 is 2.50 bits per heavy atom. The molecular formula is C16H28FN3. The Bertz CT molecular complexity index is 424.